The van der Waals surface area contributed by atoms with Crippen LogP contribution in [0.3, 0.4) is 0 Å². The lowest BCUT2D eigenvalue weighted by Crippen LogP contribution is -2.48. The number of halogens is 6. The Morgan fingerprint density at radius 2 is 1.24 bits per heavy atom. The number of rotatable bonds is 10. The third-order valence-corrected chi connectivity index (χ3v) is 7.24. The predicted molar refractivity (Wildman–Crippen MR) is 99.4 cm³/mol. The molecule has 0 aliphatic carbocycles. The quantitative estimate of drug-likeness (QED) is 0.234. The van der Waals surface area contributed by atoms with Crippen LogP contribution >= 0.6 is 0 Å². The summed E-state index contributed by atoms with van der Waals surface area (Å²) in [6.07, 6.45) is -9.04. The molecule has 0 aliphatic heterocycles. The van der Waals surface area contributed by atoms with Gasteiger partial charge in [0.25, 0.3) is 0 Å². The van der Waals surface area contributed by atoms with Gasteiger partial charge >= 0.3 is 21.2 Å². The fourth-order valence-corrected chi connectivity index (χ4v) is 5.70. The van der Waals surface area contributed by atoms with E-state index in [2.05, 4.69) is 0 Å². The fraction of sp³-hybridized carbons (Fsp3) is 0.684. The SMILES string of the molecule is CO[Si](CCCCc1cc(C(F)(F)F)cc(C(F)(F)F)c1)(OC(C)C)OC(C)C. The smallest absolute Gasteiger partial charge is 0.377 e. The van der Waals surface area contributed by atoms with Crippen molar-refractivity contribution in [3.63, 3.8) is 0 Å². The maximum Gasteiger partial charge on any atom is 0.501 e. The molecule has 0 aromatic heterocycles. The van der Waals surface area contributed by atoms with Gasteiger partial charge in [-0.2, -0.15) is 26.3 Å². The van der Waals surface area contributed by atoms with Crippen LogP contribution in [0.15, 0.2) is 18.2 Å². The predicted octanol–water partition coefficient (Wildman–Crippen LogP) is 6.48. The van der Waals surface area contributed by atoms with Crippen LogP contribution in [0.25, 0.3) is 0 Å². The van der Waals surface area contributed by atoms with E-state index in [9.17, 15) is 26.3 Å². The third kappa shape index (κ3) is 8.65. The van der Waals surface area contributed by atoms with Crippen LogP contribution in [-0.2, 0) is 32.1 Å². The summed E-state index contributed by atoms with van der Waals surface area (Å²) in [5.74, 6) is 0. The van der Waals surface area contributed by atoms with E-state index in [1.165, 1.54) is 7.11 Å². The van der Waals surface area contributed by atoms with Crippen molar-refractivity contribution in [3.05, 3.63) is 34.9 Å². The lowest BCUT2D eigenvalue weighted by Gasteiger charge is -2.31. The normalized spacial score (nSPS) is 13.6. The molecule has 10 heteroatoms. The third-order valence-electron chi connectivity index (χ3n) is 3.99. The molecule has 1 rings (SSSR count). The lowest BCUT2D eigenvalue weighted by molar-refractivity contribution is -0.143. The second kappa shape index (κ2) is 10.3. The van der Waals surface area contributed by atoms with E-state index in [-0.39, 0.29) is 30.3 Å². The Bertz CT molecular complexity index is 602. The molecule has 0 fully saturated rings. The lowest BCUT2D eigenvalue weighted by atomic mass is 10.0. The molecule has 3 nitrogen and oxygen atoms in total. The molecule has 168 valence electrons. The number of benzene rings is 1. The highest BCUT2D eigenvalue weighted by atomic mass is 28.4. The highest BCUT2D eigenvalue weighted by Crippen LogP contribution is 2.36. The van der Waals surface area contributed by atoms with E-state index in [0.717, 1.165) is 12.1 Å². The molecule has 0 saturated carbocycles. The first-order valence-electron chi connectivity index (χ1n) is 9.37. The van der Waals surface area contributed by atoms with Gasteiger partial charge in [0.05, 0.1) is 11.1 Å². The van der Waals surface area contributed by atoms with Gasteiger partial charge in [-0.15, -0.1) is 0 Å². The van der Waals surface area contributed by atoms with Gasteiger partial charge in [-0.3, -0.25) is 0 Å². The molecule has 0 amide bonds. The zero-order chi connectivity index (χ0) is 22.5. The summed E-state index contributed by atoms with van der Waals surface area (Å²) in [5, 5.41) is 0. The highest BCUT2D eigenvalue weighted by molar-refractivity contribution is 6.60. The number of alkyl halides is 6. The van der Waals surface area contributed by atoms with Crippen molar-refractivity contribution in [3.8, 4) is 0 Å². The Balaban J connectivity index is 2.89. The van der Waals surface area contributed by atoms with Crippen LogP contribution in [0.2, 0.25) is 6.04 Å². The van der Waals surface area contributed by atoms with E-state index in [4.69, 9.17) is 13.3 Å². The second-order valence-electron chi connectivity index (χ2n) is 7.34. The maximum absolute atomic E-state index is 13.0. The van der Waals surface area contributed by atoms with Gasteiger partial charge in [0.1, 0.15) is 0 Å². The molecule has 1 aromatic carbocycles. The summed E-state index contributed by atoms with van der Waals surface area (Å²) in [5.41, 5.74) is -2.60. The van der Waals surface area contributed by atoms with Gasteiger partial charge in [-0.05, 0) is 70.7 Å². The topological polar surface area (TPSA) is 27.7 Å². The average molecular weight is 447 g/mol. The standard InChI is InChI=1S/C19H28F6O3Si/c1-13(2)27-29(26-5,28-14(3)4)9-7-6-8-15-10-16(18(20,21)22)12-17(11-15)19(23,24)25/h10-14H,6-9H2,1-5H3. The van der Waals surface area contributed by atoms with Crippen LogP contribution in [0.4, 0.5) is 26.3 Å². The molecule has 0 heterocycles. The van der Waals surface area contributed by atoms with Crippen LogP contribution in [0, 0.1) is 0 Å². The Morgan fingerprint density at radius 3 is 1.59 bits per heavy atom. The number of hydrogen-bond acceptors (Lipinski definition) is 3. The Kier molecular flexibility index (Phi) is 9.19. The van der Waals surface area contributed by atoms with Crippen molar-refractivity contribution in [1.82, 2.24) is 0 Å². The number of unbranched alkanes of at least 4 members (excludes halogenated alkanes) is 1. The monoisotopic (exact) mass is 446 g/mol. The summed E-state index contributed by atoms with van der Waals surface area (Å²) >= 11 is 0. The van der Waals surface area contributed by atoms with Crippen LogP contribution in [-0.4, -0.2) is 28.1 Å². The molecule has 0 N–H and O–H groups in total. The fourth-order valence-electron chi connectivity index (χ4n) is 2.90. The summed E-state index contributed by atoms with van der Waals surface area (Å²) in [7, 11) is -1.49. The van der Waals surface area contributed by atoms with Crippen LogP contribution in [0.1, 0.15) is 57.2 Å². The minimum absolute atomic E-state index is 0.00797. The van der Waals surface area contributed by atoms with Crippen molar-refractivity contribution >= 4 is 8.80 Å². The van der Waals surface area contributed by atoms with E-state index >= 15 is 0 Å². The van der Waals surface area contributed by atoms with Crippen molar-refractivity contribution < 1.29 is 39.6 Å². The molecular weight excluding hydrogens is 418 g/mol. The van der Waals surface area contributed by atoms with Crippen LogP contribution in [0.5, 0.6) is 0 Å². The second-order valence-corrected chi connectivity index (χ2v) is 10.1. The van der Waals surface area contributed by atoms with E-state index in [0.29, 0.717) is 18.9 Å². The van der Waals surface area contributed by atoms with Gasteiger partial charge in [0, 0.05) is 25.4 Å². The molecule has 29 heavy (non-hydrogen) atoms. The zero-order valence-electron chi connectivity index (χ0n) is 17.2. The first-order valence-corrected chi connectivity index (χ1v) is 11.3. The minimum atomic E-state index is -4.84. The molecule has 0 bridgehead atoms. The van der Waals surface area contributed by atoms with Gasteiger partial charge < -0.3 is 13.3 Å². The molecule has 0 radical (unpaired) electrons. The van der Waals surface area contributed by atoms with Gasteiger partial charge in [-0.1, -0.05) is 0 Å². The first kappa shape index (κ1) is 25.9. The van der Waals surface area contributed by atoms with Crippen molar-refractivity contribution in [2.24, 2.45) is 0 Å². The van der Waals surface area contributed by atoms with Crippen LogP contribution < -0.4 is 0 Å². The average Bonchev–Trinajstić information content (AvgIpc) is 2.55. The first-order chi connectivity index (χ1) is 13.2. The Hall–Kier alpha value is -1.10. The van der Waals surface area contributed by atoms with Gasteiger partial charge in [0.2, 0.25) is 0 Å². The maximum atomic E-state index is 13.0. The number of hydrogen-bond donors (Lipinski definition) is 0. The summed E-state index contributed by atoms with van der Waals surface area (Å²) in [6, 6.07) is 2.10. The van der Waals surface area contributed by atoms with Crippen molar-refractivity contribution in [2.75, 3.05) is 7.11 Å². The molecule has 0 unspecified atom stereocenters. The highest BCUT2D eigenvalue weighted by Gasteiger charge is 2.41. The summed E-state index contributed by atoms with van der Waals surface area (Å²) in [4.78, 5) is 0. The van der Waals surface area contributed by atoms with E-state index in [1.807, 2.05) is 27.7 Å². The summed E-state index contributed by atoms with van der Waals surface area (Å²) in [6.45, 7) is 7.36. The largest absolute Gasteiger partial charge is 0.501 e. The number of aryl methyl sites for hydroxylation is 1. The Morgan fingerprint density at radius 1 is 0.793 bits per heavy atom. The zero-order valence-corrected chi connectivity index (χ0v) is 18.2. The van der Waals surface area contributed by atoms with Gasteiger partial charge in [0.15, 0.2) is 0 Å². The van der Waals surface area contributed by atoms with Crippen molar-refractivity contribution in [1.29, 1.82) is 0 Å². The molecular formula is C19H28F6O3Si. The summed E-state index contributed by atoms with van der Waals surface area (Å²) < 4.78 is 95.0. The van der Waals surface area contributed by atoms with Gasteiger partial charge in [-0.25, -0.2) is 0 Å². The van der Waals surface area contributed by atoms with Crippen molar-refractivity contribution in [2.45, 2.75) is 77.6 Å². The Labute approximate surface area is 168 Å². The molecule has 0 aliphatic rings. The van der Waals surface area contributed by atoms with E-state index in [1.54, 1.807) is 0 Å². The minimum Gasteiger partial charge on any atom is -0.377 e. The molecule has 0 spiro atoms. The molecule has 1 aromatic rings. The molecule has 0 atom stereocenters. The molecule has 0 saturated heterocycles. The van der Waals surface area contributed by atoms with E-state index < -0.39 is 32.3 Å².